The summed E-state index contributed by atoms with van der Waals surface area (Å²) in [6.07, 6.45) is 4.88. The first-order chi connectivity index (χ1) is 10.6. The number of nitrogens with zero attached hydrogens (tertiary/aromatic N) is 3. The molecule has 2 N–H and O–H groups in total. The first kappa shape index (κ1) is 14.8. The number of aromatic amines is 1. The van der Waals surface area contributed by atoms with Crippen LogP contribution in [0.5, 0.6) is 0 Å². The smallest absolute Gasteiger partial charge is 0.316 e. The number of aliphatic hydroxyl groups is 1. The van der Waals surface area contributed by atoms with Crippen LogP contribution in [-0.4, -0.2) is 52.8 Å². The Balaban J connectivity index is 2.00. The highest BCUT2D eigenvalue weighted by Gasteiger charge is 2.46. The van der Waals surface area contributed by atoms with Crippen LogP contribution in [0.4, 0.5) is 5.82 Å². The lowest BCUT2D eigenvalue weighted by molar-refractivity contribution is -0.153. The Morgan fingerprint density at radius 2 is 2.36 bits per heavy atom. The van der Waals surface area contributed by atoms with Crippen molar-refractivity contribution < 1.29 is 14.6 Å². The number of aliphatic hydroxyl groups excluding tert-OH is 1. The number of aryl methyl sites for hydroxylation is 1. The van der Waals surface area contributed by atoms with Gasteiger partial charge >= 0.3 is 5.97 Å². The Hall–Kier alpha value is -2.15. The molecular formula is C15H20N4O3. The third kappa shape index (κ3) is 2.12. The minimum absolute atomic E-state index is 0.224. The first-order valence-electron chi connectivity index (χ1n) is 7.40. The highest BCUT2D eigenvalue weighted by Crippen LogP contribution is 2.36. The summed E-state index contributed by atoms with van der Waals surface area (Å²) >= 11 is 0. The zero-order chi connectivity index (χ0) is 15.7. The Bertz CT molecular complexity index is 699. The van der Waals surface area contributed by atoms with Crippen molar-refractivity contribution in [3.05, 3.63) is 18.1 Å². The van der Waals surface area contributed by atoms with E-state index in [2.05, 4.69) is 21.9 Å². The van der Waals surface area contributed by atoms with Gasteiger partial charge < -0.3 is 19.7 Å². The van der Waals surface area contributed by atoms with Gasteiger partial charge in [0.2, 0.25) is 0 Å². The molecule has 118 valence electrons. The number of H-pyrrole nitrogens is 1. The average Bonchev–Trinajstić information content (AvgIpc) is 3.18. The van der Waals surface area contributed by atoms with Crippen LogP contribution in [0.1, 0.15) is 18.9 Å². The maximum Gasteiger partial charge on any atom is 0.316 e. The zero-order valence-electron chi connectivity index (χ0n) is 12.8. The molecule has 0 aromatic carbocycles. The van der Waals surface area contributed by atoms with Crippen molar-refractivity contribution in [2.24, 2.45) is 5.41 Å². The van der Waals surface area contributed by atoms with E-state index in [9.17, 15) is 9.90 Å². The number of carbonyl (C=O) groups is 1. The number of esters is 1. The predicted octanol–water partition coefficient (Wildman–Crippen LogP) is 0.882. The van der Waals surface area contributed by atoms with Crippen LogP contribution in [0.25, 0.3) is 11.0 Å². The summed E-state index contributed by atoms with van der Waals surface area (Å²) in [6.45, 7) is 2.90. The Kier molecular flexibility index (Phi) is 3.74. The van der Waals surface area contributed by atoms with E-state index in [1.807, 2.05) is 11.1 Å². The van der Waals surface area contributed by atoms with Gasteiger partial charge in [0.1, 0.15) is 23.2 Å². The quantitative estimate of drug-likeness (QED) is 0.815. The van der Waals surface area contributed by atoms with Gasteiger partial charge in [0.25, 0.3) is 0 Å². The SMILES string of the molecule is CCc1c[nH]c2ncnc(N3CCC(CO)(C(=O)OC)C3)c12. The molecule has 1 unspecified atom stereocenters. The van der Waals surface area contributed by atoms with Gasteiger partial charge in [-0.3, -0.25) is 4.79 Å². The fourth-order valence-electron chi connectivity index (χ4n) is 3.16. The van der Waals surface area contributed by atoms with Crippen molar-refractivity contribution in [2.45, 2.75) is 19.8 Å². The fraction of sp³-hybridized carbons (Fsp3) is 0.533. The second kappa shape index (κ2) is 5.57. The van der Waals surface area contributed by atoms with Crippen LogP contribution < -0.4 is 4.90 Å². The fourth-order valence-corrected chi connectivity index (χ4v) is 3.16. The molecule has 2 aromatic heterocycles. The molecule has 0 radical (unpaired) electrons. The predicted molar refractivity (Wildman–Crippen MR) is 81.6 cm³/mol. The molecule has 1 saturated heterocycles. The molecule has 0 bridgehead atoms. The Labute approximate surface area is 128 Å². The van der Waals surface area contributed by atoms with Crippen molar-refractivity contribution in [1.82, 2.24) is 15.0 Å². The second-order valence-electron chi connectivity index (χ2n) is 5.69. The van der Waals surface area contributed by atoms with Gasteiger partial charge in [0.15, 0.2) is 0 Å². The van der Waals surface area contributed by atoms with Crippen molar-refractivity contribution in [2.75, 3.05) is 31.7 Å². The number of nitrogens with one attached hydrogen (secondary N) is 1. The molecule has 7 heteroatoms. The van der Waals surface area contributed by atoms with Crippen LogP contribution >= 0.6 is 0 Å². The van der Waals surface area contributed by atoms with Crippen LogP contribution in [-0.2, 0) is 16.0 Å². The van der Waals surface area contributed by atoms with E-state index in [0.29, 0.717) is 19.5 Å². The molecular weight excluding hydrogens is 284 g/mol. The molecule has 0 spiro atoms. The van der Waals surface area contributed by atoms with Crippen molar-refractivity contribution in [3.63, 3.8) is 0 Å². The van der Waals surface area contributed by atoms with Gasteiger partial charge in [0, 0.05) is 19.3 Å². The van der Waals surface area contributed by atoms with Gasteiger partial charge in [-0.25, -0.2) is 9.97 Å². The number of carbonyl (C=O) groups excluding carboxylic acids is 1. The lowest BCUT2D eigenvalue weighted by Gasteiger charge is -2.24. The number of fused-ring (bicyclic) bond motifs is 1. The van der Waals surface area contributed by atoms with Gasteiger partial charge in [0.05, 0.1) is 19.1 Å². The maximum atomic E-state index is 12.0. The maximum absolute atomic E-state index is 12.0. The number of anilines is 1. The molecule has 3 rings (SSSR count). The summed E-state index contributed by atoms with van der Waals surface area (Å²) < 4.78 is 4.87. The molecule has 0 aliphatic carbocycles. The zero-order valence-corrected chi connectivity index (χ0v) is 12.8. The minimum Gasteiger partial charge on any atom is -0.468 e. The number of hydrogen-bond acceptors (Lipinski definition) is 6. The summed E-state index contributed by atoms with van der Waals surface area (Å²) in [7, 11) is 1.35. The number of methoxy groups -OCH3 is 1. The van der Waals surface area contributed by atoms with Crippen molar-refractivity contribution in [3.8, 4) is 0 Å². The standard InChI is InChI=1S/C15H20N4O3/c1-3-10-6-16-12-11(10)13(18-9-17-12)19-5-4-15(7-19,8-20)14(21)22-2/h6,9,20H,3-5,7-8H2,1-2H3,(H,16,17,18). The third-order valence-corrected chi connectivity index (χ3v) is 4.49. The summed E-state index contributed by atoms with van der Waals surface area (Å²) in [6, 6.07) is 0. The van der Waals surface area contributed by atoms with Gasteiger partial charge in [-0.2, -0.15) is 0 Å². The molecule has 1 aliphatic heterocycles. The monoisotopic (exact) mass is 304 g/mol. The summed E-state index contributed by atoms with van der Waals surface area (Å²) in [4.78, 5) is 25.9. The highest BCUT2D eigenvalue weighted by molar-refractivity contribution is 5.91. The van der Waals surface area contributed by atoms with E-state index in [4.69, 9.17) is 4.74 Å². The van der Waals surface area contributed by atoms with E-state index in [1.165, 1.54) is 13.4 Å². The normalized spacial score (nSPS) is 21.5. The van der Waals surface area contributed by atoms with E-state index in [0.717, 1.165) is 28.8 Å². The van der Waals surface area contributed by atoms with Gasteiger partial charge in [-0.05, 0) is 18.4 Å². The molecule has 0 amide bonds. The molecule has 1 fully saturated rings. The summed E-state index contributed by atoms with van der Waals surface area (Å²) in [5.41, 5.74) is 1.07. The van der Waals surface area contributed by atoms with E-state index in [-0.39, 0.29) is 12.6 Å². The highest BCUT2D eigenvalue weighted by atomic mass is 16.5. The Morgan fingerprint density at radius 3 is 3.05 bits per heavy atom. The topological polar surface area (TPSA) is 91.3 Å². The molecule has 2 aromatic rings. The molecule has 22 heavy (non-hydrogen) atoms. The molecule has 1 atom stereocenters. The van der Waals surface area contributed by atoms with Crippen LogP contribution in [0.3, 0.4) is 0 Å². The van der Waals surface area contributed by atoms with Crippen LogP contribution in [0.15, 0.2) is 12.5 Å². The third-order valence-electron chi connectivity index (χ3n) is 4.49. The van der Waals surface area contributed by atoms with E-state index < -0.39 is 5.41 Å². The van der Waals surface area contributed by atoms with Crippen molar-refractivity contribution in [1.29, 1.82) is 0 Å². The molecule has 0 saturated carbocycles. The van der Waals surface area contributed by atoms with Crippen LogP contribution in [0, 0.1) is 5.41 Å². The van der Waals surface area contributed by atoms with Gasteiger partial charge in [-0.1, -0.05) is 6.92 Å². The first-order valence-corrected chi connectivity index (χ1v) is 7.40. The molecule has 3 heterocycles. The summed E-state index contributed by atoms with van der Waals surface area (Å²) in [5.74, 6) is 0.440. The number of ether oxygens (including phenoxy) is 1. The number of rotatable bonds is 4. The van der Waals surface area contributed by atoms with Crippen molar-refractivity contribution >= 4 is 22.8 Å². The number of aromatic nitrogens is 3. The number of hydrogen-bond donors (Lipinski definition) is 2. The van der Waals surface area contributed by atoms with Gasteiger partial charge in [-0.15, -0.1) is 0 Å². The molecule has 1 aliphatic rings. The van der Waals surface area contributed by atoms with E-state index >= 15 is 0 Å². The molecule has 7 nitrogen and oxygen atoms in total. The lowest BCUT2D eigenvalue weighted by atomic mass is 9.88. The summed E-state index contributed by atoms with van der Waals surface area (Å²) in [5, 5.41) is 10.7. The average molecular weight is 304 g/mol. The minimum atomic E-state index is -0.866. The second-order valence-corrected chi connectivity index (χ2v) is 5.69. The van der Waals surface area contributed by atoms with Crippen LogP contribution in [0.2, 0.25) is 0 Å². The Morgan fingerprint density at radius 1 is 1.55 bits per heavy atom. The lowest BCUT2D eigenvalue weighted by Crippen LogP contribution is -2.39. The van der Waals surface area contributed by atoms with E-state index in [1.54, 1.807) is 0 Å². The largest absolute Gasteiger partial charge is 0.468 e.